The zero-order chi connectivity index (χ0) is 19.1. The highest BCUT2D eigenvalue weighted by atomic mass is 32.1. The number of hydrogen-bond acceptors (Lipinski definition) is 7. The average Bonchev–Trinajstić information content (AvgIpc) is 3.28. The second kappa shape index (κ2) is 6.29. The SMILES string of the molecule is Cc1nn2c([N+](=O)[O-])c(C)[nH][n+]2c1C([O-])=Nc1nc(-c2ccccc2)cs1. The smallest absolute Gasteiger partial charge is 0.436 e. The van der Waals surface area contributed by atoms with Crippen molar-refractivity contribution in [2.75, 3.05) is 0 Å². The summed E-state index contributed by atoms with van der Waals surface area (Å²) in [6.45, 7) is 3.13. The molecule has 11 heteroatoms. The van der Waals surface area contributed by atoms with Crippen molar-refractivity contribution >= 4 is 28.2 Å². The first-order valence-corrected chi connectivity index (χ1v) is 8.75. The van der Waals surface area contributed by atoms with Crippen molar-refractivity contribution in [3.05, 3.63) is 62.9 Å². The number of aromatic nitrogens is 5. The van der Waals surface area contributed by atoms with Crippen LogP contribution in [0.1, 0.15) is 17.1 Å². The van der Waals surface area contributed by atoms with Crippen LogP contribution < -0.4 is 9.74 Å². The van der Waals surface area contributed by atoms with Gasteiger partial charge in [-0.1, -0.05) is 30.3 Å². The highest BCUT2D eigenvalue weighted by Gasteiger charge is 2.33. The van der Waals surface area contributed by atoms with E-state index in [1.807, 2.05) is 35.7 Å². The summed E-state index contributed by atoms with van der Waals surface area (Å²) in [6, 6.07) is 9.56. The Hall–Kier alpha value is -3.60. The third-order valence-corrected chi connectivity index (χ3v) is 4.66. The molecule has 1 N–H and O–H groups in total. The Morgan fingerprint density at radius 1 is 1.33 bits per heavy atom. The van der Waals surface area contributed by atoms with Crippen LogP contribution in [0.15, 0.2) is 40.7 Å². The molecule has 0 saturated carbocycles. The van der Waals surface area contributed by atoms with Crippen molar-refractivity contribution in [3.8, 4) is 11.3 Å². The molecule has 0 saturated heterocycles. The highest BCUT2D eigenvalue weighted by molar-refractivity contribution is 7.13. The molecule has 1 aromatic carbocycles. The predicted octanol–water partition coefficient (Wildman–Crippen LogP) is 1.34. The van der Waals surface area contributed by atoms with Gasteiger partial charge in [-0.25, -0.2) is 9.98 Å². The molecule has 0 radical (unpaired) electrons. The Morgan fingerprint density at radius 3 is 2.78 bits per heavy atom. The topological polar surface area (TPSA) is 129 Å². The Labute approximate surface area is 156 Å². The number of aromatic amines is 1. The lowest BCUT2D eigenvalue weighted by Crippen LogP contribution is -2.39. The maximum atomic E-state index is 12.7. The molecule has 0 aliphatic carbocycles. The van der Waals surface area contributed by atoms with E-state index in [-0.39, 0.29) is 17.2 Å². The second-order valence-corrected chi connectivity index (χ2v) is 6.59. The minimum atomic E-state index is -0.586. The van der Waals surface area contributed by atoms with E-state index in [1.165, 1.54) is 22.9 Å². The normalized spacial score (nSPS) is 12.0. The Bertz CT molecular complexity index is 1190. The number of thiazole rings is 1. The zero-order valence-corrected chi connectivity index (χ0v) is 15.1. The fourth-order valence-corrected chi connectivity index (χ4v) is 3.43. The quantitative estimate of drug-likeness (QED) is 0.187. The van der Waals surface area contributed by atoms with Crippen molar-refractivity contribution in [3.63, 3.8) is 0 Å². The van der Waals surface area contributed by atoms with Crippen molar-refractivity contribution < 1.29 is 14.7 Å². The van der Waals surface area contributed by atoms with Crippen LogP contribution in [0.5, 0.6) is 0 Å². The molecule has 0 atom stereocenters. The van der Waals surface area contributed by atoms with E-state index in [4.69, 9.17) is 0 Å². The number of nitro groups is 1. The lowest BCUT2D eigenvalue weighted by molar-refractivity contribution is -0.683. The molecule has 0 fully saturated rings. The van der Waals surface area contributed by atoms with Crippen LogP contribution >= 0.6 is 11.3 Å². The minimum Gasteiger partial charge on any atom is -0.855 e. The van der Waals surface area contributed by atoms with E-state index >= 15 is 0 Å². The van der Waals surface area contributed by atoms with E-state index in [1.54, 1.807) is 6.92 Å². The summed E-state index contributed by atoms with van der Waals surface area (Å²) in [5.74, 6) is -0.824. The molecular formula is C16H13N7O3S. The van der Waals surface area contributed by atoms with Gasteiger partial charge in [0.25, 0.3) is 11.4 Å². The molecule has 0 spiro atoms. The van der Waals surface area contributed by atoms with E-state index in [2.05, 4.69) is 20.2 Å². The third-order valence-electron chi connectivity index (χ3n) is 3.92. The minimum absolute atomic E-state index is 0.114. The maximum absolute atomic E-state index is 12.7. The van der Waals surface area contributed by atoms with Crippen molar-refractivity contribution in [2.45, 2.75) is 13.8 Å². The molecule has 0 bridgehead atoms. The Balaban J connectivity index is 1.76. The van der Waals surface area contributed by atoms with Crippen LogP contribution in [0.25, 0.3) is 11.3 Å². The second-order valence-electron chi connectivity index (χ2n) is 5.75. The van der Waals surface area contributed by atoms with Crippen LogP contribution in [-0.4, -0.2) is 30.6 Å². The number of aryl methyl sites for hydroxylation is 2. The number of nitrogens with zero attached hydrogens (tertiary/aromatic N) is 6. The van der Waals surface area contributed by atoms with Gasteiger partial charge < -0.3 is 15.2 Å². The molecular weight excluding hydrogens is 370 g/mol. The molecule has 0 aliphatic rings. The summed E-state index contributed by atoms with van der Waals surface area (Å²) < 4.78 is 2.27. The summed E-state index contributed by atoms with van der Waals surface area (Å²) in [4.78, 5) is 19.1. The lowest BCUT2D eigenvalue weighted by Gasteiger charge is -2.02. The van der Waals surface area contributed by atoms with Gasteiger partial charge >= 0.3 is 5.82 Å². The lowest BCUT2D eigenvalue weighted by atomic mass is 10.2. The zero-order valence-electron chi connectivity index (χ0n) is 14.3. The molecule has 3 aromatic heterocycles. The van der Waals surface area contributed by atoms with E-state index in [0.717, 1.165) is 15.9 Å². The van der Waals surface area contributed by atoms with Crippen molar-refractivity contribution in [1.82, 2.24) is 19.8 Å². The van der Waals surface area contributed by atoms with Crippen molar-refractivity contribution in [2.24, 2.45) is 4.99 Å². The summed E-state index contributed by atoms with van der Waals surface area (Å²) >= 11 is 1.24. The molecule has 4 aromatic rings. The fourth-order valence-electron chi connectivity index (χ4n) is 2.74. The van der Waals surface area contributed by atoms with Gasteiger partial charge in [-0.05, 0) is 11.8 Å². The predicted molar refractivity (Wildman–Crippen MR) is 95.1 cm³/mol. The van der Waals surface area contributed by atoms with Gasteiger partial charge in [0.05, 0.1) is 11.6 Å². The summed E-state index contributed by atoms with van der Waals surface area (Å²) in [7, 11) is 0. The number of rotatable bonds is 4. The number of hydrogen-bond donors (Lipinski definition) is 1. The first-order valence-electron chi connectivity index (χ1n) is 7.87. The van der Waals surface area contributed by atoms with Crippen molar-refractivity contribution in [1.29, 1.82) is 0 Å². The van der Waals surface area contributed by atoms with Gasteiger partial charge in [0.15, 0.2) is 10.3 Å². The van der Waals surface area contributed by atoms with Crippen LogP contribution in [0, 0.1) is 24.0 Å². The van der Waals surface area contributed by atoms with Gasteiger partial charge in [-0.15, -0.1) is 11.3 Å². The molecule has 136 valence electrons. The molecule has 10 nitrogen and oxygen atoms in total. The van der Waals surface area contributed by atoms with Gasteiger partial charge in [-0.2, -0.15) is 5.10 Å². The summed E-state index contributed by atoms with van der Waals surface area (Å²) in [6.07, 6.45) is 0. The number of benzene rings is 1. The van der Waals surface area contributed by atoms with E-state index < -0.39 is 10.8 Å². The molecule has 3 heterocycles. The van der Waals surface area contributed by atoms with Crippen LogP contribution in [0.4, 0.5) is 10.9 Å². The molecule has 0 aliphatic heterocycles. The van der Waals surface area contributed by atoms with Crippen LogP contribution in [0.3, 0.4) is 0 Å². The van der Waals surface area contributed by atoms with Crippen LogP contribution in [-0.2, 0) is 0 Å². The standard InChI is InChI=1S/C16H13N7O3S/c1-9-13(21-20-10(2)15(23(25)26)22(21)19-9)14(24)18-16-17-12(8-27-16)11-6-4-3-5-7-11/h3-8H,1-2H3,(H-,17,18,19,20,24). The van der Waals surface area contributed by atoms with Gasteiger partial charge in [-0.3, -0.25) is 0 Å². The summed E-state index contributed by atoms with van der Waals surface area (Å²) in [5.41, 5.74) is 2.37. The largest absolute Gasteiger partial charge is 0.855 e. The number of fused-ring (bicyclic) bond motifs is 1. The maximum Gasteiger partial charge on any atom is 0.436 e. The molecule has 0 amide bonds. The summed E-state index contributed by atoms with van der Waals surface area (Å²) in [5, 5.41) is 32.9. The monoisotopic (exact) mass is 383 g/mol. The highest BCUT2D eigenvalue weighted by Crippen LogP contribution is 2.26. The number of aliphatic imine (C=N–C) groups is 1. The Morgan fingerprint density at radius 2 is 2.07 bits per heavy atom. The van der Waals surface area contributed by atoms with Gasteiger partial charge in [0.2, 0.25) is 5.13 Å². The first-order chi connectivity index (χ1) is 13.0. The number of H-pyrrole nitrogens is 1. The fraction of sp³-hybridized carbons (Fsp3) is 0.125. The molecule has 0 unspecified atom stereocenters. The Kier molecular flexibility index (Phi) is 3.92. The number of nitrogens with one attached hydrogen (secondary N) is 1. The van der Waals surface area contributed by atoms with Gasteiger partial charge in [0.1, 0.15) is 5.10 Å². The average molecular weight is 383 g/mol. The first kappa shape index (κ1) is 16.8. The van der Waals surface area contributed by atoms with E-state index in [9.17, 15) is 15.2 Å². The third kappa shape index (κ3) is 2.83. The van der Waals surface area contributed by atoms with E-state index in [0.29, 0.717) is 10.8 Å². The van der Waals surface area contributed by atoms with Gasteiger partial charge in [0, 0.05) is 22.5 Å². The molecule has 4 rings (SSSR count). The van der Waals surface area contributed by atoms with Crippen LogP contribution in [0.2, 0.25) is 0 Å². The molecule has 27 heavy (non-hydrogen) atoms.